The summed E-state index contributed by atoms with van der Waals surface area (Å²) in [7, 11) is 0. The molecule has 0 radical (unpaired) electrons. The minimum absolute atomic E-state index is 0.244. The number of azo groups is 1. The van der Waals surface area contributed by atoms with Crippen molar-refractivity contribution in [1.82, 2.24) is 0 Å². The van der Waals surface area contributed by atoms with E-state index in [0.717, 1.165) is 57.8 Å². The highest BCUT2D eigenvalue weighted by Gasteiger charge is 2.29. The van der Waals surface area contributed by atoms with E-state index in [1.807, 2.05) is 20.8 Å². The standard InChI is InChI=1S/C23H43N3O2/c1-5-6-7-15-18-23(20-24,26-25-22(2,3)4)19-16-13-11-9-8-10-12-14-17-21(27)28/h5-19H2,1-4H3,(H,27,28). The van der Waals surface area contributed by atoms with Crippen LogP contribution in [0, 0.1) is 11.3 Å². The van der Waals surface area contributed by atoms with E-state index >= 15 is 0 Å². The second-order valence-electron chi connectivity index (χ2n) is 9.05. The van der Waals surface area contributed by atoms with Crippen LogP contribution in [0.5, 0.6) is 0 Å². The second kappa shape index (κ2) is 15.5. The molecule has 0 spiro atoms. The fourth-order valence-electron chi connectivity index (χ4n) is 3.20. The number of nitrogens with zero attached hydrogens (tertiary/aromatic N) is 3. The smallest absolute Gasteiger partial charge is 0.303 e. The highest BCUT2D eigenvalue weighted by Crippen LogP contribution is 2.28. The molecule has 0 amide bonds. The van der Waals surface area contributed by atoms with Gasteiger partial charge in [0.05, 0.1) is 11.6 Å². The predicted molar refractivity (Wildman–Crippen MR) is 116 cm³/mol. The van der Waals surface area contributed by atoms with Crippen LogP contribution in [0.2, 0.25) is 0 Å². The van der Waals surface area contributed by atoms with Crippen molar-refractivity contribution in [1.29, 1.82) is 5.26 Å². The topological polar surface area (TPSA) is 85.8 Å². The fraction of sp³-hybridized carbons (Fsp3) is 0.913. The lowest BCUT2D eigenvalue weighted by Gasteiger charge is -2.23. The summed E-state index contributed by atoms with van der Waals surface area (Å²) in [5, 5.41) is 27.4. The molecule has 162 valence electrons. The lowest BCUT2D eigenvalue weighted by Crippen LogP contribution is -2.25. The van der Waals surface area contributed by atoms with Gasteiger partial charge in [-0.15, -0.1) is 0 Å². The first-order chi connectivity index (χ1) is 13.2. The first-order valence-electron chi connectivity index (χ1n) is 11.3. The maximum atomic E-state index is 10.5. The number of hydrogen-bond donors (Lipinski definition) is 1. The van der Waals surface area contributed by atoms with Crippen LogP contribution in [-0.2, 0) is 4.79 Å². The van der Waals surface area contributed by atoms with Gasteiger partial charge in [-0.2, -0.15) is 15.5 Å². The minimum atomic E-state index is -0.695. The van der Waals surface area contributed by atoms with Gasteiger partial charge in [-0.25, -0.2) is 0 Å². The van der Waals surface area contributed by atoms with Gasteiger partial charge in [0.25, 0.3) is 0 Å². The summed E-state index contributed by atoms with van der Waals surface area (Å²) in [6.07, 6.45) is 15.1. The van der Waals surface area contributed by atoms with Gasteiger partial charge in [0.2, 0.25) is 0 Å². The van der Waals surface area contributed by atoms with Gasteiger partial charge in [-0.05, 0) is 52.9 Å². The quantitative estimate of drug-likeness (QED) is 0.205. The molecule has 0 saturated heterocycles. The Morgan fingerprint density at radius 3 is 1.71 bits per heavy atom. The average Bonchev–Trinajstić information content (AvgIpc) is 2.63. The van der Waals surface area contributed by atoms with Gasteiger partial charge < -0.3 is 5.11 Å². The molecular weight excluding hydrogens is 350 g/mol. The van der Waals surface area contributed by atoms with E-state index in [1.165, 1.54) is 32.1 Å². The molecule has 28 heavy (non-hydrogen) atoms. The average molecular weight is 394 g/mol. The van der Waals surface area contributed by atoms with Crippen LogP contribution in [-0.4, -0.2) is 22.2 Å². The Bertz CT molecular complexity index is 477. The Hall–Kier alpha value is -1.44. The summed E-state index contributed by atoms with van der Waals surface area (Å²) in [5.41, 5.74) is -0.899. The zero-order valence-electron chi connectivity index (χ0n) is 18.8. The SMILES string of the molecule is CCCCCCC(C#N)(CCCCCCCCCCC(=O)O)N=NC(C)(C)C. The summed E-state index contributed by atoms with van der Waals surface area (Å²) < 4.78 is 0. The fourth-order valence-corrected chi connectivity index (χ4v) is 3.20. The monoisotopic (exact) mass is 393 g/mol. The predicted octanol–water partition coefficient (Wildman–Crippen LogP) is 7.46. The third-order valence-corrected chi connectivity index (χ3v) is 4.92. The van der Waals surface area contributed by atoms with Crippen molar-refractivity contribution in [3.63, 3.8) is 0 Å². The Labute approximate surface area is 173 Å². The van der Waals surface area contributed by atoms with Gasteiger partial charge in [0, 0.05) is 6.42 Å². The van der Waals surface area contributed by atoms with Crippen molar-refractivity contribution < 1.29 is 9.90 Å². The number of rotatable bonds is 17. The van der Waals surface area contributed by atoms with E-state index in [0.29, 0.717) is 0 Å². The lowest BCUT2D eigenvalue weighted by molar-refractivity contribution is -0.137. The molecule has 1 atom stereocenters. The molecule has 1 N–H and O–H groups in total. The van der Waals surface area contributed by atoms with Crippen molar-refractivity contribution in [3.8, 4) is 6.07 Å². The van der Waals surface area contributed by atoms with Gasteiger partial charge in [-0.3, -0.25) is 4.79 Å². The number of carboxylic acid groups (broad SMARTS) is 1. The zero-order chi connectivity index (χ0) is 21.3. The van der Waals surface area contributed by atoms with E-state index in [2.05, 4.69) is 23.2 Å². The van der Waals surface area contributed by atoms with E-state index in [-0.39, 0.29) is 12.0 Å². The minimum Gasteiger partial charge on any atom is -0.481 e. The van der Waals surface area contributed by atoms with Gasteiger partial charge in [0.1, 0.15) is 0 Å². The molecule has 0 aromatic rings. The normalized spacial score (nSPS) is 14.1. The van der Waals surface area contributed by atoms with Crippen molar-refractivity contribution in [3.05, 3.63) is 0 Å². The Kier molecular flexibility index (Phi) is 14.7. The van der Waals surface area contributed by atoms with Crippen molar-refractivity contribution in [2.45, 2.75) is 135 Å². The molecule has 1 unspecified atom stereocenters. The molecule has 0 heterocycles. The highest BCUT2D eigenvalue weighted by molar-refractivity contribution is 5.66. The third kappa shape index (κ3) is 15.6. The summed E-state index contributed by atoms with van der Waals surface area (Å²) in [6, 6.07) is 2.49. The van der Waals surface area contributed by atoms with Crippen LogP contribution in [0.3, 0.4) is 0 Å². The Morgan fingerprint density at radius 2 is 1.29 bits per heavy atom. The summed E-state index contributed by atoms with van der Waals surface area (Å²) in [6.45, 7) is 8.26. The molecule has 5 heteroatoms. The maximum Gasteiger partial charge on any atom is 0.303 e. The molecule has 0 aliphatic carbocycles. The Balaban J connectivity index is 4.24. The van der Waals surface area contributed by atoms with Crippen LogP contribution >= 0.6 is 0 Å². The largest absolute Gasteiger partial charge is 0.481 e. The molecule has 5 nitrogen and oxygen atoms in total. The van der Waals surface area contributed by atoms with Gasteiger partial charge >= 0.3 is 5.97 Å². The van der Waals surface area contributed by atoms with Crippen LogP contribution in [0.1, 0.15) is 124 Å². The lowest BCUT2D eigenvalue weighted by atomic mass is 9.88. The van der Waals surface area contributed by atoms with E-state index in [4.69, 9.17) is 5.11 Å². The number of aliphatic carboxylic acids is 1. The van der Waals surface area contributed by atoms with Gasteiger partial charge in [-0.1, -0.05) is 64.7 Å². The molecule has 0 rings (SSSR count). The van der Waals surface area contributed by atoms with Crippen LogP contribution < -0.4 is 0 Å². The van der Waals surface area contributed by atoms with Crippen LogP contribution in [0.25, 0.3) is 0 Å². The second-order valence-corrected chi connectivity index (χ2v) is 9.05. The van der Waals surface area contributed by atoms with Gasteiger partial charge in [0.15, 0.2) is 5.54 Å². The van der Waals surface area contributed by atoms with Crippen molar-refractivity contribution in [2.24, 2.45) is 10.2 Å². The first-order valence-corrected chi connectivity index (χ1v) is 11.3. The maximum absolute atomic E-state index is 10.5. The molecule has 0 bridgehead atoms. The molecule has 0 aliphatic heterocycles. The molecule has 0 aromatic heterocycles. The first kappa shape index (κ1) is 26.6. The van der Waals surface area contributed by atoms with Crippen molar-refractivity contribution >= 4 is 5.97 Å². The van der Waals surface area contributed by atoms with Crippen LogP contribution in [0.15, 0.2) is 10.2 Å². The van der Waals surface area contributed by atoms with Crippen molar-refractivity contribution in [2.75, 3.05) is 0 Å². The summed E-state index contributed by atoms with van der Waals surface area (Å²) in [4.78, 5) is 10.5. The van der Waals surface area contributed by atoms with E-state index in [9.17, 15) is 10.1 Å². The van der Waals surface area contributed by atoms with Crippen LogP contribution in [0.4, 0.5) is 0 Å². The number of hydrogen-bond acceptors (Lipinski definition) is 4. The molecule has 0 aliphatic rings. The molecule has 0 fully saturated rings. The highest BCUT2D eigenvalue weighted by atomic mass is 16.4. The number of unbranched alkanes of at least 4 members (excludes halogenated alkanes) is 10. The number of nitriles is 1. The Morgan fingerprint density at radius 1 is 0.821 bits per heavy atom. The summed E-state index contributed by atoms with van der Waals surface area (Å²) >= 11 is 0. The molecule has 0 saturated carbocycles. The number of carbonyl (C=O) groups is 1. The number of carboxylic acids is 1. The third-order valence-electron chi connectivity index (χ3n) is 4.92. The zero-order valence-corrected chi connectivity index (χ0v) is 18.8. The molecular formula is C23H43N3O2. The summed E-state index contributed by atoms with van der Waals surface area (Å²) in [5.74, 6) is -0.695. The van der Waals surface area contributed by atoms with E-state index < -0.39 is 11.5 Å². The van der Waals surface area contributed by atoms with E-state index in [1.54, 1.807) is 0 Å². The molecule has 0 aromatic carbocycles.